The van der Waals surface area contributed by atoms with Crippen LogP contribution in [0, 0.1) is 0 Å². The topological polar surface area (TPSA) is 92.6 Å². The molecule has 0 bridgehead atoms. The molecule has 0 aliphatic heterocycles. The second kappa shape index (κ2) is 10.5. The number of carbonyl (C=O) groups is 2. The number of ether oxygens (including phenoxy) is 1. The van der Waals surface area contributed by atoms with E-state index in [1.54, 1.807) is 66.7 Å². The molecule has 4 aromatic rings. The first-order valence-electron chi connectivity index (χ1n) is 9.94. The van der Waals surface area contributed by atoms with Gasteiger partial charge in [0.25, 0.3) is 11.8 Å². The van der Waals surface area contributed by atoms with Crippen molar-refractivity contribution >= 4 is 63.5 Å². The Morgan fingerprint density at radius 1 is 1.00 bits per heavy atom. The number of nitrogens with one attached hydrogen (secondary N) is 3. The van der Waals surface area contributed by atoms with Crippen LogP contribution in [0.25, 0.3) is 11.3 Å². The van der Waals surface area contributed by atoms with Crippen LogP contribution in [0.1, 0.15) is 20.2 Å². The lowest BCUT2D eigenvalue weighted by molar-refractivity contribution is 0.0950. The number of thiocarbonyl (C=S) groups is 1. The van der Waals surface area contributed by atoms with Crippen LogP contribution in [0.2, 0.25) is 5.02 Å². The molecule has 2 amide bonds. The van der Waals surface area contributed by atoms with Gasteiger partial charge in [0.1, 0.15) is 11.5 Å². The van der Waals surface area contributed by atoms with Gasteiger partial charge in [-0.2, -0.15) is 0 Å². The van der Waals surface area contributed by atoms with Crippen LogP contribution in [0.5, 0.6) is 5.75 Å². The van der Waals surface area contributed by atoms with Crippen LogP contribution >= 0.6 is 35.2 Å². The van der Waals surface area contributed by atoms with Gasteiger partial charge >= 0.3 is 0 Å². The number of halogens is 1. The zero-order valence-corrected chi connectivity index (χ0v) is 20.1. The number of benzene rings is 2. The van der Waals surface area contributed by atoms with Crippen molar-refractivity contribution < 1.29 is 18.7 Å². The van der Waals surface area contributed by atoms with E-state index < -0.39 is 5.91 Å². The summed E-state index contributed by atoms with van der Waals surface area (Å²) in [6, 6.07) is 18.9. The molecule has 0 spiro atoms. The molecule has 172 valence electrons. The van der Waals surface area contributed by atoms with E-state index in [1.807, 2.05) is 5.38 Å². The largest absolute Gasteiger partial charge is 0.494 e. The van der Waals surface area contributed by atoms with Crippen molar-refractivity contribution in [2.75, 3.05) is 17.7 Å². The minimum atomic E-state index is -0.496. The summed E-state index contributed by atoms with van der Waals surface area (Å²) < 4.78 is 11.0. The van der Waals surface area contributed by atoms with E-state index in [0.29, 0.717) is 32.8 Å². The number of hydrogen-bond donors (Lipinski definition) is 3. The molecule has 2 aromatic heterocycles. The van der Waals surface area contributed by atoms with Gasteiger partial charge in [-0.05, 0) is 72.2 Å². The predicted octanol–water partition coefficient (Wildman–Crippen LogP) is 6.05. The molecule has 0 fully saturated rings. The highest BCUT2D eigenvalue weighted by Gasteiger charge is 2.15. The SMILES string of the molecule is COc1cc(NC(=S)NC(=O)c2ccc(-c3ccc(Cl)cc3)o2)ccc1NC(=O)c1cccs1. The van der Waals surface area contributed by atoms with Crippen LogP contribution < -0.4 is 20.7 Å². The van der Waals surface area contributed by atoms with Crippen LogP contribution in [0.4, 0.5) is 11.4 Å². The number of thiophene rings is 1. The Labute approximate surface area is 209 Å². The molecule has 4 rings (SSSR count). The number of anilines is 2. The molecule has 10 heteroatoms. The molecule has 3 N–H and O–H groups in total. The maximum Gasteiger partial charge on any atom is 0.293 e. The minimum Gasteiger partial charge on any atom is -0.494 e. The van der Waals surface area contributed by atoms with Crippen molar-refractivity contribution in [3.63, 3.8) is 0 Å². The molecule has 0 aliphatic rings. The third-order valence-corrected chi connectivity index (χ3v) is 5.96. The van der Waals surface area contributed by atoms with Crippen LogP contribution in [-0.2, 0) is 0 Å². The lowest BCUT2D eigenvalue weighted by atomic mass is 10.2. The number of rotatable bonds is 6. The fourth-order valence-corrected chi connectivity index (χ4v) is 3.98. The summed E-state index contributed by atoms with van der Waals surface area (Å²) in [5, 5.41) is 10.8. The Hall–Kier alpha value is -3.66. The van der Waals surface area contributed by atoms with E-state index in [1.165, 1.54) is 18.4 Å². The summed E-state index contributed by atoms with van der Waals surface area (Å²) in [6.07, 6.45) is 0. The summed E-state index contributed by atoms with van der Waals surface area (Å²) >= 11 is 12.5. The van der Waals surface area contributed by atoms with Crippen molar-refractivity contribution in [3.05, 3.63) is 87.8 Å². The van der Waals surface area contributed by atoms with Gasteiger partial charge in [0.15, 0.2) is 10.9 Å². The van der Waals surface area contributed by atoms with E-state index in [-0.39, 0.29) is 16.8 Å². The van der Waals surface area contributed by atoms with Crippen LogP contribution in [0.3, 0.4) is 0 Å². The third kappa shape index (κ3) is 5.63. The Bertz CT molecular complexity index is 1330. The first-order chi connectivity index (χ1) is 16.4. The van der Waals surface area contributed by atoms with E-state index in [0.717, 1.165) is 5.56 Å². The molecule has 2 aromatic carbocycles. The molecular formula is C24H18ClN3O4S2. The molecule has 7 nitrogen and oxygen atoms in total. The van der Waals surface area contributed by atoms with Gasteiger partial charge in [-0.15, -0.1) is 11.3 Å². The van der Waals surface area contributed by atoms with Crippen LogP contribution in [0.15, 0.2) is 76.5 Å². The summed E-state index contributed by atoms with van der Waals surface area (Å²) in [4.78, 5) is 25.4. The number of furan rings is 1. The lowest BCUT2D eigenvalue weighted by Crippen LogP contribution is -2.33. The summed E-state index contributed by atoms with van der Waals surface area (Å²) in [5.41, 5.74) is 1.87. The Balaban J connectivity index is 1.38. The highest BCUT2D eigenvalue weighted by atomic mass is 35.5. The monoisotopic (exact) mass is 511 g/mol. The van der Waals surface area contributed by atoms with Crippen molar-refractivity contribution in [2.24, 2.45) is 0 Å². The Morgan fingerprint density at radius 2 is 1.79 bits per heavy atom. The number of methoxy groups -OCH3 is 1. The number of amides is 2. The molecule has 0 atom stereocenters. The smallest absolute Gasteiger partial charge is 0.293 e. The molecular weight excluding hydrogens is 494 g/mol. The van der Waals surface area contributed by atoms with E-state index >= 15 is 0 Å². The quantitative estimate of drug-likeness (QED) is 0.273. The Kier molecular flexibility index (Phi) is 7.27. The molecule has 0 saturated heterocycles. The highest BCUT2D eigenvalue weighted by molar-refractivity contribution is 7.80. The van der Waals surface area contributed by atoms with Crippen molar-refractivity contribution in [3.8, 4) is 17.1 Å². The van der Waals surface area contributed by atoms with Gasteiger partial charge in [0, 0.05) is 22.3 Å². The average molecular weight is 512 g/mol. The second-order valence-corrected chi connectivity index (χ2v) is 8.72. The maximum absolute atomic E-state index is 12.5. The standard InChI is InChI=1S/C24H18ClN3O4S2/c1-31-20-13-16(8-9-17(20)27-23(30)21-3-2-12-34-21)26-24(33)28-22(29)19-11-10-18(32-19)14-4-6-15(25)7-5-14/h2-13H,1H3,(H,27,30)(H2,26,28,29,33). The van der Waals surface area contributed by atoms with Gasteiger partial charge in [-0.3, -0.25) is 14.9 Å². The number of carbonyl (C=O) groups excluding carboxylic acids is 2. The highest BCUT2D eigenvalue weighted by Crippen LogP contribution is 2.29. The third-order valence-electron chi connectivity index (χ3n) is 4.64. The van der Waals surface area contributed by atoms with Crippen LogP contribution in [-0.4, -0.2) is 24.0 Å². The second-order valence-electron chi connectivity index (χ2n) is 6.93. The van der Waals surface area contributed by atoms with E-state index in [4.69, 9.17) is 33.0 Å². The number of hydrogen-bond acceptors (Lipinski definition) is 6. The minimum absolute atomic E-state index is 0.0758. The molecule has 34 heavy (non-hydrogen) atoms. The fraction of sp³-hybridized carbons (Fsp3) is 0.0417. The van der Waals surface area contributed by atoms with Crippen molar-refractivity contribution in [1.29, 1.82) is 0 Å². The van der Waals surface area contributed by atoms with Gasteiger partial charge in [0.05, 0.1) is 17.7 Å². The van der Waals surface area contributed by atoms with E-state index in [9.17, 15) is 9.59 Å². The predicted molar refractivity (Wildman–Crippen MR) is 138 cm³/mol. The van der Waals surface area contributed by atoms with Crippen molar-refractivity contribution in [2.45, 2.75) is 0 Å². The van der Waals surface area contributed by atoms with Crippen molar-refractivity contribution in [1.82, 2.24) is 5.32 Å². The molecule has 0 unspecified atom stereocenters. The van der Waals surface area contributed by atoms with Gasteiger partial charge in [-0.25, -0.2) is 0 Å². The first kappa shape index (κ1) is 23.5. The maximum atomic E-state index is 12.5. The lowest BCUT2D eigenvalue weighted by Gasteiger charge is -2.13. The first-order valence-corrected chi connectivity index (χ1v) is 11.6. The van der Waals surface area contributed by atoms with E-state index in [2.05, 4.69) is 16.0 Å². The molecule has 0 radical (unpaired) electrons. The zero-order valence-electron chi connectivity index (χ0n) is 17.8. The van der Waals surface area contributed by atoms with Gasteiger partial charge < -0.3 is 19.8 Å². The molecule has 0 saturated carbocycles. The van der Waals surface area contributed by atoms with Gasteiger partial charge in [0.2, 0.25) is 0 Å². The molecule has 2 heterocycles. The zero-order chi connectivity index (χ0) is 24.1. The Morgan fingerprint density at radius 3 is 2.50 bits per heavy atom. The molecule has 0 aliphatic carbocycles. The summed E-state index contributed by atoms with van der Waals surface area (Å²) in [5.74, 6) is 0.351. The summed E-state index contributed by atoms with van der Waals surface area (Å²) in [6.45, 7) is 0. The summed E-state index contributed by atoms with van der Waals surface area (Å²) in [7, 11) is 1.50. The normalized spacial score (nSPS) is 10.4. The van der Waals surface area contributed by atoms with Gasteiger partial charge in [-0.1, -0.05) is 17.7 Å². The average Bonchev–Trinajstić information content (AvgIpc) is 3.53. The fourth-order valence-electron chi connectivity index (χ4n) is 3.02.